The Kier molecular flexibility index (Phi) is 7.43. The van der Waals surface area contributed by atoms with Crippen LogP contribution in [0.1, 0.15) is 37.6 Å². The summed E-state index contributed by atoms with van der Waals surface area (Å²) >= 11 is 0. The normalized spacial score (nSPS) is 15.3. The van der Waals surface area contributed by atoms with E-state index in [-0.39, 0.29) is 43.1 Å². The van der Waals surface area contributed by atoms with Crippen molar-refractivity contribution < 1.29 is 18.0 Å². The number of rotatable bonds is 4. The number of hydrogen-bond donors (Lipinski definition) is 1. The van der Waals surface area contributed by atoms with Crippen LogP contribution in [0.2, 0.25) is 0 Å². The lowest BCUT2D eigenvalue weighted by atomic mass is 10.1. The molecule has 1 amide bonds. The van der Waals surface area contributed by atoms with Gasteiger partial charge in [-0.25, -0.2) is 9.97 Å². The predicted molar refractivity (Wildman–Crippen MR) is 90.8 cm³/mol. The summed E-state index contributed by atoms with van der Waals surface area (Å²) in [7, 11) is 0. The van der Waals surface area contributed by atoms with E-state index in [0.29, 0.717) is 31.9 Å². The molecule has 142 valence electrons. The summed E-state index contributed by atoms with van der Waals surface area (Å²) in [5.74, 6) is -0.107. The van der Waals surface area contributed by atoms with Gasteiger partial charge in [-0.15, -0.1) is 12.4 Å². The van der Waals surface area contributed by atoms with Gasteiger partial charge in [0.2, 0.25) is 11.9 Å². The molecule has 2 heterocycles. The van der Waals surface area contributed by atoms with Gasteiger partial charge < -0.3 is 15.5 Å². The summed E-state index contributed by atoms with van der Waals surface area (Å²) in [5.41, 5.74) is 4.80. The van der Waals surface area contributed by atoms with E-state index >= 15 is 0 Å². The highest BCUT2D eigenvalue weighted by molar-refractivity contribution is 5.85. The molecule has 1 aromatic heterocycles. The SMILES string of the molecule is CC(C)c1cc(C(F)(F)F)nc(N2CCN(C(=O)CCN)CC2)n1.Cl. The van der Waals surface area contributed by atoms with E-state index in [9.17, 15) is 18.0 Å². The fourth-order valence-electron chi connectivity index (χ4n) is 2.47. The molecule has 1 fully saturated rings. The van der Waals surface area contributed by atoms with Crippen molar-refractivity contribution in [3.63, 3.8) is 0 Å². The second-order valence-corrected chi connectivity index (χ2v) is 6.04. The van der Waals surface area contributed by atoms with Gasteiger partial charge in [0.15, 0.2) is 0 Å². The van der Waals surface area contributed by atoms with Crippen molar-refractivity contribution in [1.29, 1.82) is 0 Å². The van der Waals surface area contributed by atoms with E-state index in [4.69, 9.17) is 5.73 Å². The Labute approximate surface area is 151 Å². The molecule has 10 heteroatoms. The summed E-state index contributed by atoms with van der Waals surface area (Å²) < 4.78 is 39.2. The molecule has 1 aliphatic rings. The van der Waals surface area contributed by atoms with E-state index < -0.39 is 11.9 Å². The van der Waals surface area contributed by atoms with Crippen LogP contribution in [0, 0.1) is 0 Å². The van der Waals surface area contributed by atoms with E-state index in [1.54, 1.807) is 23.6 Å². The molecule has 25 heavy (non-hydrogen) atoms. The molecule has 2 rings (SSSR count). The Bertz CT molecular complexity index is 589. The monoisotopic (exact) mass is 381 g/mol. The number of alkyl halides is 3. The Morgan fingerprint density at radius 2 is 1.84 bits per heavy atom. The molecule has 6 nitrogen and oxygen atoms in total. The molecule has 0 spiro atoms. The van der Waals surface area contributed by atoms with Crippen LogP contribution in [0.4, 0.5) is 19.1 Å². The summed E-state index contributed by atoms with van der Waals surface area (Å²) in [6, 6.07) is 0.995. The third kappa shape index (κ3) is 5.43. The first kappa shape index (κ1) is 21.4. The molecule has 0 bridgehead atoms. The lowest BCUT2D eigenvalue weighted by Gasteiger charge is -2.35. The number of carbonyl (C=O) groups excluding carboxylic acids is 1. The Morgan fingerprint density at radius 3 is 2.32 bits per heavy atom. The molecular formula is C15H23ClF3N5O. The van der Waals surface area contributed by atoms with Gasteiger partial charge in [-0.1, -0.05) is 13.8 Å². The predicted octanol–water partition coefficient (Wildman–Crippen LogP) is 2.04. The molecule has 0 atom stereocenters. The first-order chi connectivity index (χ1) is 11.2. The Morgan fingerprint density at radius 1 is 1.24 bits per heavy atom. The highest BCUT2D eigenvalue weighted by Gasteiger charge is 2.35. The second-order valence-electron chi connectivity index (χ2n) is 6.04. The van der Waals surface area contributed by atoms with Gasteiger partial charge in [-0.3, -0.25) is 4.79 Å². The van der Waals surface area contributed by atoms with Crippen LogP contribution in [0.5, 0.6) is 0 Å². The van der Waals surface area contributed by atoms with Crippen LogP contribution < -0.4 is 10.6 Å². The van der Waals surface area contributed by atoms with Crippen LogP contribution >= 0.6 is 12.4 Å². The van der Waals surface area contributed by atoms with Gasteiger partial charge in [0.1, 0.15) is 5.69 Å². The number of amides is 1. The zero-order valence-electron chi connectivity index (χ0n) is 14.2. The molecule has 1 saturated heterocycles. The summed E-state index contributed by atoms with van der Waals surface area (Å²) in [6.07, 6.45) is -4.24. The van der Waals surface area contributed by atoms with Crippen LogP contribution in [0.3, 0.4) is 0 Å². The van der Waals surface area contributed by atoms with Crippen molar-refractivity contribution in [3.05, 3.63) is 17.5 Å². The average molecular weight is 382 g/mol. The standard InChI is InChI=1S/C15H22F3N5O.ClH/c1-10(2)11-9-12(15(16,17)18)21-14(20-11)23-7-5-22(6-8-23)13(24)3-4-19;/h9-10H,3-8,19H2,1-2H3;1H. The number of piperazine rings is 1. The minimum Gasteiger partial charge on any atom is -0.339 e. The number of aromatic nitrogens is 2. The number of halogens is 4. The molecule has 1 aliphatic heterocycles. The smallest absolute Gasteiger partial charge is 0.339 e. The number of nitrogens with zero attached hydrogens (tertiary/aromatic N) is 4. The van der Waals surface area contributed by atoms with Gasteiger partial charge in [0, 0.05) is 44.8 Å². The largest absolute Gasteiger partial charge is 0.433 e. The fraction of sp³-hybridized carbons (Fsp3) is 0.667. The third-order valence-corrected chi connectivity index (χ3v) is 3.89. The van der Waals surface area contributed by atoms with Crippen LogP contribution in [0.25, 0.3) is 0 Å². The maximum absolute atomic E-state index is 13.1. The lowest BCUT2D eigenvalue weighted by Crippen LogP contribution is -2.49. The van der Waals surface area contributed by atoms with Gasteiger partial charge in [-0.2, -0.15) is 13.2 Å². The van der Waals surface area contributed by atoms with Crippen LogP contribution in [-0.4, -0.2) is 53.5 Å². The number of nitrogens with two attached hydrogens (primary N) is 1. The van der Waals surface area contributed by atoms with Crippen molar-refractivity contribution >= 4 is 24.3 Å². The highest BCUT2D eigenvalue weighted by atomic mass is 35.5. The van der Waals surface area contributed by atoms with Crippen molar-refractivity contribution in [2.24, 2.45) is 5.73 Å². The fourth-order valence-corrected chi connectivity index (χ4v) is 2.47. The quantitative estimate of drug-likeness (QED) is 0.863. The van der Waals surface area contributed by atoms with E-state index in [0.717, 1.165) is 6.07 Å². The molecule has 0 aromatic carbocycles. The van der Waals surface area contributed by atoms with E-state index in [1.165, 1.54) is 0 Å². The van der Waals surface area contributed by atoms with Crippen LogP contribution in [-0.2, 0) is 11.0 Å². The summed E-state index contributed by atoms with van der Waals surface area (Å²) in [4.78, 5) is 23.1. The number of carbonyl (C=O) groups is 1. The molecule has 2 N–H and O–H groups in total. The molecule has 0 aliphatic carbocycles. The van der Waals surface area contributed by atoms with Crippen molar-refractivity contribution in [1.82, 2.24) is 14.9 Å². The molecule has 0 saturated carbocycles. The van der Waals surface area contributed by atoms with Gasteiger partial charge in [0.25, 0.3) is 0 Å². The molecular weight excluding hydrogens is 359 g/mol. The molecule has 0 radical (unpaired) electrons. The topological polar surface area (TPSA) is 75.4 Å². The van der Waals surface area contributed by atoms with Gasteiger partial charge >= 0.3 is 6.18 Å². The summed E-state index contributed by atoms with van der Waals surface area (Å²) in [6.45, 7) is 5.51. The maximum atomic E-state index is 13.1. The van der Waals surface area contributed by atoms with E-state index in [2.05, 4.69) is 9.97 Å². The highest BCUT2D eigenvalue weighted by Crippen LogP contribution is 2.30. The minimum atomic E-state index is -4.51. The van der Waals surface area contributed by atoms with Crippen LogP contribution in [0.15, 0.2) is 6.07 Å². The minimum absolute atomic E-state index is 0. The zero-order valence-corrected chi connectivity index (χ0v) is 15.0. The summed E-state index contributed by atoms with van der Waals surface area (Å²) in [5, 5.41) is 0. The van der Waals surface area contributed by atoms with E-state index in [1.807, 2.05) is 0 Å². The molecule has 0 unspecified atom stereocenters. The average Bonchev–Trinajstić information content (AvgIpc) is 2.54. The zero-order chi connectivity index (χ0) is 17.9. The number of hydrogen-bond acceptors (Lipinski definition) is 5. The Hall–Kier alpha value is -1.61. The molecule has 1 aromatic rings. The van der Waals surface area contributed by atoms with Gasteiger partial charge in [-0.05, 0) is 12.0 Å². The second kappa shape index (κ2) is 8.66. The first-order valence-electron chi connectivity index (χ1n) is 7.91. The van der Waals surface area contributed by atoms with Crippen molar-refractivity contribution in [2.75, 3.05) is 37.6 Å². The number of anilines is 1. The first-order valence-corrected chi connectivity index (χ1v) is 7.91. The lowest BCUT2D eigenvalue weighted by molar-refractivity contribution is -0.141. The van der Waals surface area contributed by atoms with Crippen molar-refractivity contribution in [3.8, 4) is 0 Å². The van der Waals surface area contributed by atoms with Gasteiger partial charge in [0.05, 0.1) is 0 Å². The third-order valence-electron chi connectivity index (χ3n) is 3.89. The van der Waals surface area contributed by atoms with Crippen molar-refractivity contribution in [2.45, 2.75) is 32.4 Å². The Balaban J connectivity index is 0.00000312. The maximum Gasteiger partial charge on any atom is 0.433 e.